The molecule has 0 unspecified atom stereocenters. The van der Waals surface area contributed by atoms with Crippen LogP contribution >= 0.6 is 0 Å². The van der Waals surface area contributed by atoms with Crippen LogP contribution in [0.3, 0.4) is 0 Å². The Balaban J connectivity index is 0.000000162. The summed E-state index contributed by atoms with van der Waals surface area (Å²) in [6.07, 6.45) is 7.35. The van der Waals surface area contributed by atoms with Crippen molar-refractivity contribution in [3.63, 3.8) is 0 Å². The van der Waals surface area contributed by atoms with Gasteiger partial charge < -0.3 is 5.73 Å². The molecule has 1 aliphatic carbocycles. The van der Waals surface area contributed by atoms with Crippen LogP contribution in [0.4, 0.5) is 0 Å². The molecule has 15 heavy (non-hydrogen) atoms. The molecule has 0 atom stereocenters. The van der Waals surface area contributed by atoms with Gasteiger partial charge in [-0.15, -0.1) is 5.10 Å². The second-order valence-corrected chi connectivity index (χ2v) is 3.81. The highest BCUT2D eigenvalue weighted by molar-refractivity contribution is 5.88. The third-order valence-corrected chi connectivity index (χ3v) is 2.62. The first-order valence-corrected chi connectivity index (χ1v) is 5.29. The topological polar surface area (TPSA) is 73.8 Å². The normalized spacial score (nSPS) is 15.1. The van der Waals surface area contributed by atoms with Gasteiger partial charge in [-0.25, -0.2) is 4.98 Å². The zero-order valence-electron chi connectivity index (χ0n) is 9.31. The van der Waals surface area contributed by atoms with E-state index in [4.69, 9.17) is 5.73 Å². The van der Waals surface area contributed by atoms with Gasteiger partial charge in [0.2, 0.25) is 5.82 Å². The summed E-state index contributed by atoms with van der Waals surface area (Å²) >= 11 is 0. The molecule has 1 saturated carbocycles. The van der Waals surface area contributed by atoms with Gasteiger partial charge >= 0.3 is 0 Å². The van der Waals surface area contributed by atoms with Crippen LogP contribution in [-0.2, 0) is 7.05 Å². The number of hydrogen-bond donors (Lipinski definition) is 1. The lowest BCUT2D eigenvalue weighted by Gasteiger charge is -2.22. The summed E-state index contributed by atoms with van der Waals surface area (Å²) in [5.74, 6) is 0.568. The minimum atomic E-state index is -0.601. The minimum Gasteiger partial charge on any atom is -0.363 e. The number of rotatable bonds is 2. The molecule has 1 aromatic heterocycles. The lowest BCUT2D eigenvalue weighted by Crippen LogP contribution is -2.13. The summed E-state index contributed by atoms with van der Waals surface area (Å²) in [6, 6.07) is 0. The Labute approximate surface area is 89.7 Å². The van der Waals surface area contributed by atoms with Crippen LogP contribution in [0.15, 0.2) is 6.33 Å². The number of carbonyl (C=O) groups is 1. The minimum absolute atomic E-state index is 0.0532. The number of hydrogen-bond acceptors (Lipinski definition) is 3. The van der Waals surface area contributed by atoms with E-state index in [9.17, 15) is 4.79 Å². The van der Waals surface area contributed by atoms with Crippen molar-refractivity contribution in [1.82, 2.24) is 14.8 Å². The van der Waals surface area contributed by atoms with E-state index < -0.39 is 5.91 Å². The molecule has 0 aliphatic heterocycles. The van der Waals surface area contributed by atoms with Crippen LogP contribution < -0.4 is 5.73 Å². The van der Waals surface area contributed by atoms with Gasteiger partial charge in [-0.05, 0) is 5.92 Å². The molecule has 1 fully saturated rings. The van der Waals surface area contributed by atoms with Gasteiger partial charge in [0.05, 0.1) is 0 Å². The highest BCUT2D eigenvalue weighted by atomic mass is 16.1. The summed E-state index contributed by atoms with van der Waals surface area (Å²) in [7, 11) is 1.67. The van der Waals surface area contributed by atoms with Crippen LogP contribution in [0.1, 0.15) is 43.2 Å². The molecule has 1 aliphatic rings. The second kappa shape index (κ2) is 5.48. The van der Waals surface area contributed by atoms with Gasteiger partial charge in [0.1, 0.15) is 6.33 Å². The molecule has 0 saturated heterocycles. The molecular weight excluding hydrogens is 192 g/mol. The average molecular weight is 210 g/mol. The Hall–Kier alpha value is -1.39. The summed E-state index contributed by atoms with van der Waals surface area (Å²) in [5, 5.41) is 3.64. The van der Waals surface area contributed by atoms with E-state index in [1.807, 2.05) is 0 Å². The van der Waals surface area contributed by atoms with Crippen molar-refractivity contribution in [1.29, 1.82) is 0 Å². The molecule has 1 aromatic rings. The predicted octanol–water partition coefficient (Wildman–Crippen LogP) is 1.11. The number of primary amides is 1. The van der Waals surface area contributed by atoms with Crippen LogP contribution in [0, 0.1) is 5.92 Å². The largest absolute Gasteiger partial charge is 0.363 e. The molecule has 0 aromatic carbocycles. The zero-order chi connectivity index (χ0) is 11.3. The van der Waals surface area contributed by atoms with Gasteiger partial charge in [0.25, 0.3) is 5.91 Å². The van der Waals surface area contributed by atoms with Crippen LogP contribution in [0.2, 0.25) is 0 Å². The van der Waals surface area contributed by atoms with Crippen molar-refractivity contribution in [2.45, 2.75) is 32.6 Å². The molecule has 0 bridgehead atoms. The first kappa shape index (κ1) is 11.7. The molecule has 1 heterocycles. The summed E-state index contributed by atoms with van der Waals surface area (Å²) in [5.41, 5.74) is 4.85. The SMILES string of the molecule is CCC1CCC1.Cn1cnc(C(N)=O)n1. The molecule has 0 radical (unpaired) electrons. The maximum atomic E-state index is 10.3. The smallest absolute Gasteiger partial charge is 0.288 e. The average Bonchev–Trinajstić information content (AvgIpc) is 2.51. The third kappa shape index (κ3) is 3.69. The van der Waals surface area contributed by atoms with E-state index in [2.05, 4.69) is 17.0 Å². The number of amides is 1. The molecule has 2 rings (SSSR count). The van der Waals surface area contributed by atoms with Crippen molar-refractivity contribution >= 4 is 5.91 Å². The van der Waals surface area contributed by atoms with Gasteiger partial charge in [-0.1, -0.05) is 32.6 Å². The molecule has 2 N–H and O–H groups in total. The number of nitrogens with zero attached hydrogens (tertiary/aromatic N) is 3. The fourth-order valence-electron chi connectivity index (χ4n) is 1.35. The van der Waals surface area contributed by atoms with Gasteiger partial charge in [0.15, 0.2) is 0 Å². The third-order valence-electron chi connectivity index (χ3n) is 2.62. The summed E-state index contributed by atoms with van der Waals surface area (Å²) < 4.78 is 1.42. The van der Waals surface area contributed by atoms with Crippen molar-refractivity contribution in [3.8, 4) is 0 Å². The number of carbonyl (C=O) groups excluding carboxylic acids is 1. The van der Waals surface area contributed by atoms with E-state index in [-0.39, 0.29) is 5.82 Å². The predicted molar refractivity (Wildman–Crippen MR) is 57.2 cm³/mol. The second-order valence-electron chi connectivity index (χ2n) is 3.81. The maximum absolute atomic E-state index is 10.3. The van der Waals surface area contributed by atoms with Gasteiger partial charge in [-0.3, -0.25) is 9.48 Å². The first-order valence-electron chi connectivity index (χ1n) is 5.29. The van der Waals surface area contributed by atoms with Crippen molar-refractivity contribution < 1.29 is 4.79 Å². The van der Waals surface area contributed by atoms with E-state index in [1.165, 1.54) is 36.7 Å². The fourth-order valence-corrected chi connectivity index (χ4v) is 1.35. The van der Waals surface area contributed by atoms with E-state index in [0.717, 1.165) is 5.92 Å². The quantitative estimate of drug-likeness (QED) is 0.794. The molecule has 5 heteroatoms. The molecule has 1 amide bonds. The Morgan fingerprint density at radius 2 is 2.33 bits per heavy atom. The summed E-state index contributed by atoms with van der Waals surface area (Å²) in [4.78, 5) is 13.9. The number of nitrogens with two attached hydrogens (primary N) is 1. The first-order chi connectivity index (χ1) is 7.13. The Morgan fingerprint density at radius 3 is 2.47 bits per heavy atom. The standard InChI is InChI=1S/C6H12.C4H6N4O/c1-2-6-4-3-5-6;1-8-2-6-4(7-8)3(5)9/h6H,2-5H2,1H3;2H,1H3,(H2,5,9). The Kier molecular flexibility index (Phi) is 4.27. The van der Waals surface area contributed by atoms with Crippen molar-refractivity contribution in [2.75, 3.05) is 0 Å². The number of aryl methyl sites for hydroxylation is 1. The van der Waals surface area contributed by atoms with E-state index in [1.54, 1.807) is 7.05 Å². The lowest BCUT2D eigenvalue weighted by atomic mass is 9.84. The number of aromatic nitrogens is 3. The molecule has 0 spiro atoms. The monoisotopic (exact) mass is 210 g/mol. The highest BCUT2D eigenvalue weighted by Gasteiger charge is 2.13. The van der Waals surface area contributed by atoms with Gasteiger partial charge in [-0.2, -0.15) is 0 Å². The molecule has 5 nitrogen and oxygen atoms in total. The van der Waals surface area contributed by atoms with Crippen LogP contribution in [0.5, 0.6) is 0 Å². The van der Waals surface area contributed by atoms with Crippen LogP contribution in [0.25, 0.3) is 0 Å². The highest BCUT2D eigenvalue weighted by Crippen LogP contribution is 2.28. The van der Waals surface area contributed by atoms with E-state index >= 15 is 0 Å². The van der Waals surface area contributed by atoms with E-state index in [0.29, 0.717) is 0 Å². The Morgan fingerprint density at radius 1 is 1.67 bits per heavy atom. The summed E-state index contributed by atoms with van der Waals surface area (Å²) in [6.45, 7) is 2.28. The fraction of sp³-hybridized carbons (Fsp3) is 0.700. The van der Waals surface area contributed by atoms with Crippen LogP contribution in [-0.4, -0.2) is 20.7 Å². The van der Waals surface area contributed by atoms with Crippen molar-refractivity contribution in [3.05, 3.63) is 12.2 Å². The molecular formula is C10H18N4O. The van der Waals surface area contributed by atoms with Crippen molar-refractivity contribution in [2.24, 2.45) is 18.7 Å². The Bertz CT molecular complexity index is 314. The maximum Gasteiger partial charge on any atom is 0.288 e. The zero-order valence-corrected chi connectivity index (χ0v) is 9.31. The molecule has 84 valence electrons. The van der Waals surface area contributed by atoms with Gasteiger partial charge in [0, 0.05) is 7.05 Å². The lowest BCUT2D eigenvalue weighted by molar-refractivity contribution is 0.0990.